The third-order valence-electron chi connectivity index (χ3n) is 18.0. The number of aromatic amines is 1. The standard InChI is InChI=1S/C64H76Cl2FN11O7S/c1-63(2,3)55(78-58(43-18-21-47(65)22-19-43)50(44-12-11-13-48(66)32-44)36-64(62(78)83)34-49(79)35-64)41-86(84,85)76-30-28-74(29-31-76)57(81)15-10-8-6-4-5-7-9-14-56(80)73-24-26-75(27-25-73)61(82)45-20-23-52(51(67)33-45)71-59-60-68-39-54(46-37-69-70-38-46)77(60)40-53(72-59)42-16-17-42/h11-13,18-23,32-34,37-40,42,50,55,58,79H,4-10,14-17,24-31,35-36,41H2,1-3H3,(H,69,70)(H,71,72)/t50-,55-,58-,64+/m1/s1. The lowest BCUT2D eigenvalue weighted by Gasteiger charge is -2.56. The van der Waals surface area contributed by atoms with Crippen LogP contribution in [0.25, 0.3) is 16.9 Å². The lowest BCUT2D eigenvalue weighted by Crippen LogP contribution is -2.62. The number of halogens is 3. The third kappa shape index (κ3) is 13.3. The Kier molecular flexibility index (Phi) is 18.0. The fourth-order valence-corrected chi connectivity index (χ4v) is 15.3. The van der Waals surface area contributed by atoms with Gasteiger partial charge >= 0.3 is 0 Å². The van der Waals surface area contributed by atoms with Gasteiger partial charge in [0.2, 0.25) is 27.7 Å². The van der Waals surface area contributed by atoms with Crippen molar-refractivity contribution < 1.29 is 37.1 Å². The Hall–Kier alpha value is -6.87. The van der Waals surface area contributed by atoms with Crippen molar-refractivity contribution in [1.29, 1.82) is 0 Å². The topological polar surface area (TPSA) is 210 Å². The number of piperazine rings is 2. The summed E-state index contributed by atoms with van der Waals surface area (Å²) in [5.41, 5.74) is 3.55. The smallest absolute Gasteiger partial charge is 0.254 e. The number of benzene rings is 3. The monoisotopic (exact) mass is 1230 g/mol. The van der Waals surface area contributed by atoms with Crippen LogP contribution in [0.15, 0.2) is 103 Å². The fraction of sp³-hybridized carbons (Fsp3) is 0.484. The molecule has 18 nitrogen and oxygen atoms in total. The van der Waals surface area contributed by atoms with Crippen molar-refractivity contribution in [1.82, 2.24) is 48.5 Å². The molecule has 11 rings (SSSR count). The highest BCUT2D eigenvalue weighted by molar-refractivity contribution is 7.89. The second-order valence-corrected chi connectivity index (χ2v) is 27.9. The number of anilines is 2. The molecular weight excluding hydrogens is 1160 g/mol. The molecule has 3 aromatic heterocycles. The SMILES string of the molecule is CC(C)(C)[C@@H](CS(=O)(=O)N1CCN(C(=O)CCCCCCCCCC(=O)N2CCN(C(=O)c3ccc(Nc4nc(C5CC5)cn5c(-c6cn[nH]c6)cnc45)c(F)c3)CC2)CC1)N1C(=O)[C@]2(C=C(O)C2)C[C@H](c2cccc(Cl)c2)[C@H]1c1ccc(Cl)cc1. The molecule has 2 aliphatic carbocycles. The average molecular weight is 1230 g/mol. The van der Waals surface area contributed by atoms with Gasteiger partial charge in [0.1, 0.15) is 5.82 Å². The number of hydrogen-bond donors (Lipinski definition) is 3. The number of aliphatic hydroxyl groups excluding tert-OH is 1. The van der Waals surface area contributed by atoms with E-state index in [1.807, 2.05) is 61.7 Å². The van der Waals surface area contributed by atoms with Gasteiger partial charge in [-0.15, -0.1) is 0 Å². The summed E-state index contributed by atoms with van der Waals surface area (Å²) in [6.45, 7) is 8.28. The van der Waals surface area contributed by atoms with Crippen LogP contribution >= 0.6 is 23.2 Å². The second-order valence-electron chi connectivity index (χ2n) is 25.1. The molecule has 3 aliphatic heterocycles. The molecule has 1 spiro atoms. The minimum Gasteiger partial charge on any atom is -0.513 e. The molecular formula is C64H76Cl2FN11O7S. The Labute approximate surface area is 512 Å². The number of allylic oxidation sites excluding steroid dienone is 1. The van der Waals surface area contributed by atoms with Crippen LogP contribution in [-0.4, -0.2) is 150 Å². The number of hydrogen-bond acceptors (Lipinski definition) is 11. The summed E-state index contributed by atoms with van der Waals surface area (Å²) in [7, 11) is -3.96. The van der Waals surface area contributed by atoms with Gasteiger partial charge in [-0.25, -0.2) is 22.8 Å². The van der Waals surface area contributed by atoms with Crippen molar-refractivity contribution in [2.75, 3.05) is 63.4 Å². The van der Waals surface area contributed by atoms with Crippen LogP contribution in [0, 0.1) is 16.6 Å². The molecule has 4 atom stereocenters. The number of rotatable bonds is 21. The zero-order chi connectivity index (χ0) is 60.5. The van der Waals surface area contributed by atoms with Gasteiger partial charge in [-0.05, 0) is 97.2 Å². The van der Waals surface area contributed by atoms with Gasteiger partial charge in [-0.1, -0.05) is 100 Å². The first kappa shape index (κ1) is 60.8. The molecule has 86 heavy (non-hydrogen) atoms. The fourth-order valence-electron chi connectivity index (χ4n) is 13.0. The summed E-state index contributed by atoms with van der Waals surface area (Å²) >= 11 is 13.0. The second kappa shape index (κ2) is 25.5. The zero-order valence-corrected chi connectivity index (χ0v) is 51.4. The minimum atomic E-state index is -3.96. The molecule has 3 N–H and O–H groups in total. The zero-order valence-electron chi connectivity index (χ0n) is 49.1. The van der Waals surface area contributed by atoms with Crippen molar-refractivity contribution in [3.8, 4) is 11.3 Å². The van der Waals surface area contributed by atoms with Gasteiger partial charge in [0, 0.05) is 117 Å². The number of piperidine rings is 1. The molecule has 3 aromatic carbocycles. The van der Waals surface area contributed by atoms with E-state index in [0.29, 0.717) is 72.9 Å². The molecule has 22 heteroatoms. The van der Waals surface area contributed by atoms with E-state index >= 15 is 9.18 Å². The lowest BCUT2D eigenvalue weighted by molar-refractivity contribution is -0.157. The number of aromatic nitrogens is 5. The Morgan fingerprint density at radius 2 is 1.45 bits per heavy atom. The van der Waals surface area contributed by atoms with Crippen molar-refractivity contribution in [3.63, 3.8) is 0 Å². The van der Waals surface area contributed by atoms with Crippen LogP contribution in [0.3, 0.4) is 0 Å². The number of likely N-dealkylation sites (tertiary alicyclic amines) is 1. The number of unbranched alkanes of at least 4 members (excludes halogenated alkanes) is 6. The molecule has 6 aromatic rings. The maximum Gasteiger partial charge on any atom is 0.254 e. The molecule has 0 radical (unpaired) electrons. The highest BCUT2D eigenvalue weighted by atomic mass is 35.5. The van der Waals surface area contributed by atoms with Crippen LogP contribution in [-0.2, 0) is 24.4 Å². The van der Waals surface area contributed by atoms with Gasteiger partial charge in [-0.2, -0.15) is 9.40 Å². The number of fused-ring (bicyclic) bond motifs is 1. The first-order valence-electron chi connectivity index (χ1n) is 30.3. The van der Waals surface area contributed by atoms with Gasteiger partial charge in [0.15, 0.2) is 11.5 Å². The normalized spacial score (nSPS) is 20.8. The van der Waals surface area contributed by atoms with Crippen molar-refractivity contribution in [3.05, 3.63) is 142 Å². The van der Waals surface area contributed by atoms with Crippen LogP contribution < -0.4 is 5.32 Å². The Morgan fingerprint density at radius 1 is 0.814 bits per heavy atom. The Balaban J connectivity index is 0.592. The summed E-state index contributed by atoms with van der Waals surface area (Å²) < 4.78 is 48.4. The summed E-state index contributed by atoms with van der Waals surface area (Å²) in [5.74, 6) is -0.743. The van der Waals surface area contributed by atoms with Crippen LogP contribution in [0.4, 0.5) is 15.9 Å². The molecule has 3 saturated heterocycles. The van der Waals surface area contributed by atoms with Crippen LogP contribution in [0.2, 0.25) is 10.0 Å². The number of amides is 4. The highest BCUT2D eigenvalue weighted by Crippen LogP contribution is 2.58. The number of imidazole rings is 1. The number of carbonyl (C=O) groups is 4. The van der Waals surface area contributed by atoms with Gasteiger partial charge in [0.25, 0.3) is 5.91 Å². The van der Waals surface area contributed by atoms with Crippen molar-refractivity contribution >= 4 is 74.0 Å². The number of sulfonamides is 1. The molecule has 0 unspecified atom stereocenters. The van der Waals surface area contributed by atoms with E-state index < -0.39 is 38.8 Å². The van der Waals surface area contributed by atoms with E-state index in [0.717, 1.165) is 85.9 Å². The van der Waals surface area contributed by atoms with Gasteiger partial charge in [-0.3, -0.25) is 28.7 Å². The van der Waals surface area contributed by atoms with E-state index in [1.165, 1.54) is 10.4 Å². The van der Waals surface area contributed by atoms with Crippen LogP contribution in [0.5, 0.6) is 0 Å². The number of carbonyl (C=O) groups excluding carboxylic acids is 4. The Morgan fingerprint density at radius 3 is 2.05 bits per heavy atom. The average Bonchev–Trinajstić information content (AvgIpc) is 0.919. The molecule has 5 aliphatic rings. The number of nitrogens with one attached hydrogen (secondary N) is 2. The lowest BCUT2D eigenvalue weighted by atomic mass is 9.61. The largest absolute Gasteiger partial charge is 0.513 e. The molecule has 4 fully saturated rings. The molecule has 0 bridgehead atoms. The van der Waals surface area contributed by atoms with Crippen molar-refractivity contribution in [2.45, 2.75) is 128 Å². The number of aliphatic hydroxyl groups is 1. The number of nitrogens with zero attached hydrogens (tertiary/aromatic N) is 9. The highest BCUT2D eigenvalue weighted by Gasteiger charge is 2.58. The van der Waals surface area contributed by atoms with E-state index in [9.17, 15) is 27.9 Å². The van der Waals surface area contributed by atoms with Gasteiger partial charge in [0.05, 0.1) is 58.5 Å². The first-order valence-corrected chi connectivity index (χ1v) is 32.6. The summed E-state index contributed by atoms with van der Waals surface area (Å²) in [5, 5.41) is 21.7. The van der Waals surface area contributed by atoms with Gasteiger partial charge < -0.3 is 30.0 Å². The van der Waals surface area contributed by atoms with E-state index in [1.54, 1.807) is 74.6 Å². The summed E-state index contributed by atoms with van der Waals surface area (Å²) in [4.78, 5) is 71.6. The van der Waals surface area contributed by atoms with Crippen LogP contribution in [0.1, 0.15) is 149 Å². The third-order valence-corrected chi connectivity index (χ3v) is 20.4. The van der Waals surface area contributed by atoms with Crippen molar-refractivity contribution in [2.24, 2.45) is 10.8 Å². The first-order chi connectivity index (χ1) is 41.2. The number of H-pyrrole nitrogens is 1. The van der Waals surface area contributed by atoms with E-state index in [-0.39, 0.29) is 84.9 Å². The Bertz CT molecular complexity index is 3610. The van der Waals surface area contributed by atoms with E-state index in [2.05, 4.69) is 20.5 Å². The molecule has 4 amide bonds. The maximum absolute atomic E-state index is 15.7. The molecule has 6 heterocycles. The summed E-state index contributed by atoms with van der Waals surface area (Å²) in [6, 6.07) is 18.0. The predicted molar refractivity (Wildman–Crippen MR) is 329 cm³/mol. The quantitative estimate of drug-likeness (QED) is 0.0577. The molecule has 1 saturated carbocycles. The molecule has 456 valence electrons. The minimum absolute atomic E-state index is 0.00941. The summed E-state index contributed by atoms with van der Waals surface area (Å²) in [6.07, 6.45) is 18.5. The predicted octanol–water partition coefficient (Wildman–Crippen LogP) is 11.5. The maximum atomic E-state index is 15.7. The van der Waals surface area contributed by atoms with E-state index in [4.69, 9.17) is 28.2 Å².